The third-order valence-corrected chi connectivity index (χ3v) is 6.19. The Morgan fingerprint density at radius 1 is 1.19 bits per heavy atom. The van der Waals surface area contributed by atoms with E-state index >= 15 is 0 Å². The van der Waals surface area contributed by atoms with Crippen molar-refractivity contribution in [3.63, 3.8) is 0 Å². The standard InChI is InChI=1S/C23H24ClFN4O3/c24-18-10-14(6-8-19(18)25)22(31)28-16-11-20-23(32)26-12-17(29(20)13-16)7-9-21(30)27-15-4-2-1-3-5-15/h1-6,8,10,16-17,20H,7,9,11-13H2,(H,26,32)(H,27,30)(H,28,31)/t16-,17+,20-/m0/s1. The van der Waals surface area contributed by atoms with E-state index in [0.717, 1.165) is 11.8 Å². The van der Waals surface area contributed by atoms with E-state index in [-0.39, 0.29) is 46.4 Å². The van der Waals surface area contributed by atoms with Gasteiger partial charge >= 0.3 is 0 Å². The number of rotatable bonds is 6. The first-order valence-corrected chi connectivity index (χ1v) is 10.9. The van der Waals surface area contributed by atoms with Gasteiger partial charge in [0.05, 0.1) is 11.1 Å². The molecule has 0 bridgehead atoms. The summed E-state index contributed by atoms with van der Waals surface area (Å²) in [7, 11) is 0. The zero-order valence-corrected chi connectivity index (χ0v) is 18.1. The van der Waals surface area contributed by atoms with Crippen LogP contribution in [-0.4, -0.2) is 53.8 Å². The molecule has 2 aliphatic rings. The molecule has 0 spiro atoms. The summed E-state index contributed by atoms with van der Waals surface area (Å²) in [6.07, 6.45) is 1.38. The first kappa shape index (κ1) is 22.2. The number of nitrogens with one attached hydrogen (secondary N) is 3. The number of amides is 3. The van der Waals surface area contributed by atoms with E-state index in [1.54, 1.807) is 0 Å². The molecule has 0 aliphatic carbocycles. The number of piperazine rings is 1. The van der Waals surface area contributed by atoms with Crippen molar-refractivity contribution < 1.29 is 18.8 Å². The number of benzene rings is 2. The average molecular weight is 459 g/mol. The third kappa shape index (κ3) is 5.08. The van der Waals surface area contributed by atoms with Crippen molar-refractivity contribution in [1.82, 2.24) is 15.5 Å². The largest absolute Gasteiger partial charge is 0.353 e. The molecule has 0 aromatic heterocycles. The SMILES string of the molecule is O=C(CC[C@@H]1CNC(=O)[C@@H]2C[C@H](NC(=O)c3ccc(F)c(Cl)c3)CN12)Nc1ccccc1. The van der Waals surface area contributed by atoms with Gasteiger partial charge in [-0.15, -0.1) is 0 Å². The second-order valence-corrected chi connectivity index (χ2v) is 8.51. The van der Waals surface area contributed by atoms with Gasteiger partial charge in [-0.3, -0.25) is 19.3 Å². The first-order chi connectivity index (χ1) is 15.4. The van der Waals surface area contributed by atoms with E-state index < -0.39 is 5.82 Å². The number of fused-ring (bicyclic) bond motifs is 1. The number of nitrogens with zero attached hydrogens (tertiary/aromatic N) is 1. The van der Waals surface area contributed by atoms with Crippen LogP contribution in [0.5, 0.6) is 0 Å². The van der Waals surface area contributed by atoms with Crippen LogP contribution in [0.2, 0.25) is 5.02 Å². The van der Waals surface area contributed by atoms with Gasteiger partial charge in [-0.05, 0) is 43.2 Å². The van der Waals surface area contributed by atoms with Crippen LogP contribution in [0.4, 0.5) is 10.1 Å². The minimum absolute atomic E-state index is 0.00129. The molecule has 7 nitrogen and oxygen atoms in total. The molecule has 3 amide bonds. The Kier molecular flexibility index (Phi) is 6.72. The molecule has 0 radical (unpaired) electrons. The van der Waals surface area contributed by atoms with Crippen LogP contribution in [0.15, 0.2) is 48.5 Å². The molecule has 168 valence electrons. The maximum atomic E-state index is 13.4. The van der Waals surface area contributed by atoms with Gasteiger partial charge in [0.2, 0.25) is 11.8 Å². The number of anilines is 1. The second-order valence-electron chi connectivity index (χ2n) is 8.10. The van der Waals surface area contributed by atoms with Crippen LogP contribution in [0.3, 0.4) is 0 Å². The van der Waals surface area contributed by atoms with Gasteiger partial charge < -0.3 is 16.0 Å². The lowest BCUT2D eigenvalue weighted by atomic mass is 10.0. The van der Waals surface area contributed by atoms with E-state index in [0.29, 0.717) is 32.4 Å². The second kappa shape index (κ2) is 9.67. The van der Waals surface area contributed by atoms with E-state index in [9.17, 15) is 18.8 Å². The normalized spacial score (nSPS) is 22.7. The molecule has 3 atom stereocenters. The highest BCUT2D eigenvalue weighted by molar-refractivity contribution is 6.31. The van der Waals surface area contributed by atoms with Crippen LogP contribution in [0.25, 0.3) is 0 Å². The maximum Gasteiger partial charge on any atom is 0.251 e. The Bertz CT molecular complexity index is 1020. The monoisotopic (exact) mass is 458 g/mol. The fraction of sp³-hybridized carbons (Fsp3) is 0.348. The summed E-state index contributed by atoms with van der Waals surface area (Å²) >= 11 is 5.77. The van der Waals surface area contributed by atoms with Gasteiger partial charge in [-0.25, -0.2) is 4.39 Å². The molecule has 0 saturated carbocycles. The number of halogens is 2. The molecule has 2 fully saturated rings. The predicted octanol–water partition coefficient (Wildman–Crippen LogP) is 2.57. The van der Waals surface area contributed by atoms with Crippen LogP contribution in [-0.2, 0) is 9.59 Å². The lowest BCUT2D eigenvalue weighted by Gasteiger charge is -2.37. The minimum Gasteiger partial charge on any atom is -0.353 e. The fourth-order valence-electron chi connectivity index (χ4n) is 4.30. The summed E-state index contributed by atoms with van der Waals surface area (Å²) in [5.41, 5.74) is 1.01. The third-order valence-electron chi connectivity index (χ3n) is 5.90. The summed E-state index contributed by atoms with van der Waals surface area (Å²) in [4.78, 5) is 39.3. The Hall–Kier alpha value is -2.97. The number of carbonyl (C=O) groups is 3. The molecule has 0 unspecified atom stereocenters. The minimum atomic E-state index is -0.586. The fourth-order valence-corrected chi connectivity index (χ4v) is 4.48. The molecule has 2 aromatic carbocycles. The highest BCUT2D eigenvalue weighted by atomic mass is 35.5. The molecule has 2 aliphatic heterocycles. The van der Waals surface area contributed by atoms with E-state index in [1.807, 2.05) is 30.3 Å². The molecular weight excluding hydrogens is 435 g/mol. The summed E-state index contributed by atoms with van der Waals surface area (Å²) in [5.74, 6) is -1.11. The van der Waals surface area contributed by atoms with E-state index in [4.69, 9.17) is 11.6 Å². The topological polar surface area (TPSA) is 90.5 Å². The molecule has 4 rings (SSSR count). The molecule has 32 heavy (non-hydrogen) atoms. The lowest BCUT2D eigenvalue weighted by molar-refractivity contribution is -0.129. The number of para-hydroxylation sites is 1. The van der Waals surface area contributed by atoms with Crippen molar-refractivity contribution in [3.8, 4) is 0 Å². The quantitative estimate of drug-likeness (QED) is 0.620. The van der Waals surface area contributed by atoms with Gasteiger partial charge in [0.15, 0.2) is 0 Å². The predicted molar refractivity (Wildman–Crippen MR) is 119 cm³/mol. The summed E-state index contributed by atoms with van der Waals surface area (Å²) in [6, 6.07) is 12.5. The molecule has 9 heteroatoms. The Balaban J connectivity index is 1.34. The average Bonchev–Trinajstić information content (AvgIpc) is 3.20. The van der Waals surface area contributed by atoms with E-state index in [1.165, 1.54) is 12.1 Å². The van der Waals surface area contributed by atoms with Crippen LogP contribution in [0.1, 0.15) is 29.6 Å². The summed E-state index contributed by atoms with van der Waals surface area (Å²) < 4.78 is 13.4. The zero-order valence-electron chi connectivity index (χ0n) is 17.3. The summed E-state index contributed by atoms with van der Waals surface area (Å²) in [6.45, 7) is 0.964. The van der Waals surface area contributed by atoms with Gasteiger partial charge in [-0.2, -0.15) is 0 Å². The van der Waals surface area contributed by atoms with Crippen molar-refractivity contribution in [2.75, 3.05) is 18.4 Å². The number of hydrogen-bond donors (Lipinski definition) is 3. The van der Waals surface area contributed by atoms with Crippen molar-refractivity contribution >= 4 is 35.0 Å². The summed E-state index contributed by atoms with van der Waals surface area (Å²) in [5, 5.41) is 8.58. The number of carbonyl (C=O) groups excluding carboxylic acids is 3. The van der Waals surface area contributed by atoms with Crippen molar-refractivity contribution in [2.24, 2.45) is 0 Å². The first-order valence-electron chi connectivity index (χ1n) is 10.5. The maximum absolute atomic E-state index is 13.4. The van der Waals surface area contributed by atoms with Gasteiger partial charge in [0.25, 0.3) is 5.91 Å². The highest BCUT2D eigenvalue weighted by Gasteiger charge is 2.43. The zero-order chi connectivity index (χ0) is 22.7. The van der Waals surface area contributed by atoms with Crippen LogP contribution in [0, 0.1) is 5.82 Å². The van der Waals surface area contributed by atoms with E-state index in [2.05, 4.69) is 20.9 Å². The molecule has 3 N–H and O–H groups in total. The molecule has 2 saturated heterocycles. The van der Waals surface area contributed by atoms with Crippen LogP contribution < -0.4 is 16.0 Å². The molecule has 2 aromatic rings. The Morgan fingerprint density at radius 3 is 2.72 bits per heavy atom. The van der Waals surface area contributed by atoms with Crippen molar-refractivity contribution in [1.29, 1.82) is 0 Å². The molecule has 2 heterocycles. The van der Waals surface area contributed by atoms with Gasteiger partial charge in [0, 0.05) is 42.8 Å². The lowest BCUT2D eigenvalue weighted by Crippen LogP contribution is -2.57. The van der Waals surface area contributed by atoms with Gasteiger partial charge in [-0.1, -0.05) is 29.8 Å². The van der Waals surface area contributed by atoms with Crippen LogP contribution >= 0.6 is 11.6 Å². The number of hydrogen-bond acceptors (Lipinski definition) is 4. The van der Waals surface area contributed by atoms with Crippen molar-refractivity contribution in [3.05, 3.63) is 64.9 Å². The smallest absolute Gasteiger partial charge is 0.251 e. The Labute approximate surface area is 190 Å². The van der Waals surface area contributed by atoms with Crippen molar-refractivity contribution in [2.45, 2.75) is 37.4 Å². The van der Waals surface area contributed by atoms with Gasteiger partial charge in [0.1, 0.15) is 5.82 Å². The Morgan fingerprint density at radius 2 is 1.97 bits per heavy atom. The highest BCUT2D eigenvalue weighted by Crippen LogP contribution is 2.26. The molecular formula is C23H24ClFN4O3.